The van der Waals surface area contributed by atoms with Crippen LogP contribution in [-0.2, 0) is 20.9 Å². The van der Waals surface area contributed by atoms with E-state index in [1.807, 2.05) is 53.1 Å². The summed E-state index contributed by atoms with van der Waals surface area (Å²) in [5.74, 6) is 1.80. The summed E-state index contributed by atoms with van der Waals surface area (Å²) in [6.45, 7) is 7.67. The minimum atomic E-state index is -0.579. The van der Waals surface area contributed by atoms with Crippen LogP contribution >= 0.6 is 11.8 Å². The van der Waals surface area contributed by atoms with Crippen LogP contribution < -0.4 is 15.5 Å². The van der Waals surface area contributed by atoms with Crippen molar-refractivity contribution in [2.24, 2.45) is 5.92 Å². The average molecular weight is 849 g/mol. The number of amides is 5. The van der Waals surface area contributed by atoms with E-state index >= 15 is 0 Å². The van der Waals surface area contributed by atoms with Crippen LogP contribution in [0, 0.1) is 5.92 Å². The number of nitrogens with zero attached hydrogens (tertiary/aromatic N) is 6. The molecule has 1 atom stereocenters. The number of pyridine rings is 2. The van der Waals surface area contributed by atoms with Crippen LogP contribution in [0.4, 0.5) is 5.82 Å². The second-order valence-electron chi connectivity index (χ2n) is 16.7. The monoisotopic (exact) mass is 848 g/mol. The number of imide groups is 1. The maximum Gasteiger partial charge on any atom is 0.255 e. The third-order valence-corrected chi connectivity index (χ3v) is 13.5. The number of piperidine rings is 2. The molecule has 3 fully saturated rings. The molecule has 6 heterocycles. The van der Waals surface area contributed by atoms with Gasteiger partial charge in [-0.15, -0.1) is 11.8 Å². The van der Waals surface area contributed by atoms with Gasteiger partial charge in [-0.05, 0) is 110 Å². The molecule has 3 saturated heterocycles. The fourth-order valence-electron chi connectivity index (χ4n) is 8.78. The summed E-state index contributed by atoms with van der Waals surface area (Å²) in [5, 5.41) is 5.33. The van der Waals surface area contributed by atoms with E-state index in [4.69, 9.17) is 4.98 Å². The summed E-state index contributed by atoms with van der Waals surface area (Å²) < 4.78 is 0. The zero-order valence-electron chi connectivity index (χ0n) is 35.3. The largest absolute Gasteiger partial charge is 0.354 e. The Labute approximate surface area is 364 Å². The highest BCUT2D eigenvalue weighted by molar-refractivity contribution is 7.99. The number of fused-ring (bicyclic) bond motifs is 1. The summed E-state index contributed by atoms with van der Waals surface area (Å²) in [6, 6.07) is 13.1. The van der Waals surface area contributed by atoms with E-state index in [0.29, 0.717) is 36.6 Å². The van der Waals surface area contributed by atoms with Gasteiger partial charge in [0, 0.05) is 93.9 Å². The molecule has 4 aliphatic heterocycles. The van der Waals surface area contributed by atoms with Crippen molar-refractivity contribution >= 4 is 53.2 Å². The molecule has 0 radical (unpaired) electrons. The van der Waals surface area contributed by atoms with Crippen LogP contribution in [0.1, 0.15) is 109 Å². The smallest absolute Gasteiger partial charge is 0.255 e. The molecule has 0 aliphatic carbocycles. The van der Waals surface area contributed by atoms with Crippen LogP contribution in [0.15, 0.2) is 72.0 Å². The van der Waals surface area contributed by atoms with E-state index in [9.17, 15) is 24.0 Å². The molecular weight excluding hydrogens is 789 g/mol. The summed E-state index contributed by atoms with van der Waals surface area (Å²) in [4.78, 5) is 80.6. The lowest BCUT2D eigenvalue weighted by atomic mass is 9.91. The topological polar surface area (TPSA) is 148 Å². The third kappa shape index (κ3) is 12.5. The minimum Gasteiger partial charge on any atom is -0.354 e. The predicted octanol–water partition coefficient (Wildman–Crippen LogP) is 5.95. The highest BCUT2D eigenvalue weighted by Gasteiger charge is 2.39. The van der Waals surface area contributed by atoms with Crippen LogP contribution in [-0.4, -0.2) is 118 Å². The van der Waals surface area contributed by atoms with Gasteiger partial charge in [-0.1, -0.05) is 38.2 Å². The van der Waals surface area contributed by atoms with Crippen molar-refractivity contribution in [2.45, 2.75) is 94.5 Å². The summed E-state index contributed by atoms with van der Waals surface area (Å²) in [5.41, 5.74) is 3.18. The molecule has 0 saturated carbocycles. The Morgan fingerprint density at radius 1 is 0.869 bits per heavy atom. The van der Waals surface area contributed by atoms with Crippen LogP contribution in [0.25, 0.3) is 6.08 Å². The van der Waals surface area contributed by atoms with Crippen molar-refractivity contribution in [1.82, 2.24) is 35.3 Å². The lowest BCUT2D eigenvalue weighted by Gasteiger charge is -2.35. The molecule has 61 heavy (non-hydrogen) atoms. The van der Waals surface area contributed by atoms with Crippen LogP contribution in [0.5, 0.6) is 0 Å². The quantitative estimate of drug-likeness (QED) is 0.0642. The van der Waals surface area contributed by atoms with Crippen molar-refractivity contribution in [3.8, 4) is 0 Å². The Balaban J connectivity index is 0.702. The number of likely N-dealkylation sites (tertiary alicyclic amines) is 1. The van der Waals surface area contributed by atoms with Gasteiger partial charge in [0.2, 0.25) is 17.7 Å². The van der Waals surface area contributed by atoms with Crippen molar-refractivity contribution in [1.29, 1.82) is 0 Å². The lowest BCUT2D eigenvalue weighted by molar-refractivity contribution is -0.137. The number of rotatable bonds is 19. The second kappa shape index (κ2) is 22.1. The van der Waals surface area contributed by atoms with Gasteiger partial charge in [0.25, 0.3) is 11.8 Å². The first-order chi connectivity index (χ1) is 29.8. The van der Waals surface area contributed by atoms with E-state index < -0.39 is 6.04 Å². The Kier molecular flexibility index (Phi) is 16.0. The van der Waals surface area contributed by atoms with Crippen LogP contribution in [0.2, 0.25) is 0 Å². The number of carbonyl (C=O) groups is 5. The summed E-state index contributed by atoms with van der Waals surface area (Å²) in [7, 11) is 0. The van der Waals surface area contributed by atoms with Gasteiger partial charge in [0.05, 0.1) is 5.56 Å². The molecule has 14 heteroatoms. The number of piperazine rings is 1. The third-order valence-electron chi connectivity index (χ3n) is 12.4. The molecule has 324 valence electrons. The van der Waals surface area contributed by atoms with E-state index in [-0.39, 0.29) is 36.0 Å². The fourth-order valence-corrected chi connectivity index (χ4v) is 9.75. The zero-order chi connectivity index (χ0) is 42.4. The molecule has 1 unspecified atom stereocenters. The number of aromatic nitrogens is 2. The maximum atomic E-state index is 13.3. The van der Waals surface area contributed by atoms with E-state index in [1.165, 1.54) is 25.7 Å². The number of thioether (sulfide) groups is 1. The Bertz CT molecular complexity index is 2000. The molecule has 2 aromatic heterocycles. The number of unbranched alkanes of at least 4 members (excludes halogenated alkanes) is 5. The summed E-state index contributed by atoms with van der Waals surface area (Å²) in [6.07, 6.45) is 20.3. The van der Waals surface area contributed by atoms with Crippen molar-refractivity contribution < 1.29 is 24.0 Å². The highest BCUT2D eigenvalue weighted by Crippen LogP contribution is 2.31. The SMILES string of the molecule is O=C(/C=C/c1cccnc1)NCCCCC1CCN(C(=O)c2ccc(N3CCN(CCCCCCCSc4ccc5c(c4)CN(C4CCC(=O)NC4=O)C5=O)CC3)nc2)CC1. The van der Waals surface area contributed by atoms with Crippen LogP contribution in [0.3, 0.4) is 0 Å². The van der Waals surface area contributed by atoms with Gasteiger partial charge < -0.3 is 20.0 Å². The Hall–Kier alpha value is -5.08. The zero-order valence-corrected chi connectivity index (χ0v) is 36.1. The number of hydrogen-bond acceptors (Lipinski definition) is 10. The van der Waals surface area contributed by atoms with Crippen molar-refractivity contribution in [2.75, 3.05) is 63.0 Å². The normalized spacial score (nSPS) is 18.8. The Morgan fingerprint density at radius 2 is 1.69 bits per heavy atom. The first-order valence-corrected chi connectivity index (χ1v) is 23.3. The van der Waals surface area contributed by atoms with E-state index in [1.54, 1.807) is 35.6 Å². The minimum absolute atomic E-state index is 0.0718. The second-order valence-corrected chi connectivity index (χ2v) is 17.9. The number of benzene rings is 1. The standard InChI is InChI=1S/C47H60N8O5S/c56-43(17-11-36-10-8-21-48-32-36)49-22-5-4-9-35-19-24-54(25-20-35)46(59)37-12-16-42(50-33-37)53-28-26-52(27-29-53)23-6-2-1-3-7-30-61-39-13-14-40-38(31-39)34-55(47(40)60)41-15-18-44(57)51-45(41)58/h8,10-14,16-17,21,31-33,35,41H,1-7,9,15,18-20,22-30,34H2,(H,49,56)(H,51,57,58)/b17-11+. The van der Waals surface area contributed by atoms with Gasteiger partial charge in [-0.3, -0.25) is 39.2 Å². The van der Waals surface area contributed by atoms with E-state index in [0.717, 1.165) is 112 Å². The molecule has 3 aromatic rings. The van der Waals surface area contributed by atoms with Gasteiger partial charge in [-0.2, -0.15) is 0 Å². The number of carbonyl (C=O) groups excluding carboxylic acids is 5. The molecule has 5 amide bonds. The van der Waals surface area contributed by atoms with Gasteiger partial charge in [-0.25, -0.2) is 4.98 Å². The molecule has 1 aromatic carbocycles. The highest BCUT2D eigenvalue weighted by atomic mass is 32.2. The first kappa shape index (κ1) is 44.0. The van der Waals surface area contributed by atoms with Gasteiger partial charge in [0.1, 0.15) is 11.9 Å². The molecule has 2 N–H and O–H groups in total. The van der Waals surface area contributed by atoms with Gasteiger partial charge in [0.15, 0.2) is 0 Å². The molecule has 0 spiro atoms. The molecular formula is C47H60N8O5S. The molecule has 4 aliphatic rings. The predicted molar refractivity (Wildman–Crippen MR) is 238 cm³/mol. The first-order valence-electron chi connectivity index (χ1n) is 22.3. The molecule has 0 bridgehead atoms. The Morgan fingerprint density at radius 3 is 2.46 bits per heavy atom. The average Bonchev–Trinajstić information content (AvgIpc) is 3.61. The number of anilines is 1. The maximum absolute atomic E-state index is 13.3. The summed E-state index contributed by atoms with van der Waals surface area (Å²) >= 11 is 1.82. The van der Waals surface area contributed by atoms with Crippen molar-refractivity contribution in [3.05, 3.63) is 89.4 Å². The number of nitrogens with one attached hydrogen (secondary N) is 2. The van der Waals surface area contributed by atoms with Gasteiger partial charge >= 0.3 is 0 Å². The molecule has 13 nitrogen and oxygen atoms in total. The number of hydrogen-bond donors (Lipinski definition) is 2. The lowest BCUT2D eigenvalue weighted by Crippen LogP contribution is -2.52. The molecule has 7 rings (SSSR count). The van der Waals surface area contributed by atoms with E-state index in [2.05, 4.69) is 31.5 Å². The fraction of sp³-hybridized carbons (Fsp3) is 0.511. The van der Waals surface area contributed by atoms with Crippen molar-refractivity contribution in [3.63, 3.8) is 0 Å².